The first-order chi connectivity index (χ1) is 26.5. The molecule has 14 atom stereocenters. The number of aliphatic hydroxyl groups is 3. The maximum atomic E-state index is 14.3. The first-order valence-corrected chi connectivity index (χ1v) is 20.8. The highest BCUT2D eigenvalue weighted by Crippen LogP contribution is 2.39. The predicted octanol–water partition coefficient (Wildman–Crippen LogP) is 4.47. The van der Waals surface area contributed by atoms with Crippen LogP contribution in [0.1, 0.15) is 112 Å². The molecule has 3 N–H and O–H groups in total. The SMILES string of the molecule is CC[C@@H]1/C=C(\C)C[C@H](C)C[C@@H](OC)C2O[C@@](O)(C(=O)C(=O)N3CCCCC3C(=O)O[C@H](/C(C)=C/C3CC[C@@H](O)[C@H](OC)C3)[C@H](C)[C@@H](O)CC1=O)[C@H](C)C[C@@H]2OC. The summed E-state index contributed by atoms with van der Waals surface area (Å²) in [5.74, 6) is -7.50. The Labute approximate surface area is 333 Å². The molecule has 3 fully saturated rings. The fourth-order valence-corrected chi connectivity index (χ4v) is 9.39. The number of Topliss-reactive ketones (excluding diaryl/α,β-unsaturated/α-hetero) is 2. The van der Waals surface area contributed by atoms with Crippen molar-refractivity contribution in [2.45, 2.75) is 167 Å². The molecule has 4 rings (SSSR count). The van der Waals surface area contributed by atoms with Crippen molar-refractivity contribution in [3.8, 4) is 0 Å². The number of allylic oxidation sites excluding steroid dienone is 3. The summed E-state index contributed by atoms with van der Waals surface area (Å²) in [5.41, 5.74) is 1.66. The molecule has 13 heteroatoms. The van der Waals surface area contributed by atoms with Crippen LogP contribution in [0.2, 0.25) is 0 Å². The van der Waals surface area contributed by atoms with Crippen molar-refractivity contribution in [3.05, 3.63) is 23.3 Å². The molecule has 0 aromatic heterocycles. The van der Waals surface area contributed by atoms with E-state index in [1.165, 1.54) is 19.1 Å². The van der Waals surface area contributed by atoms with Crippen LogP contribution in [-0.4, -0.2) is 126 Å². The fourth-order valence-electron chi connectivity index (χ4n) is 9.39. The predicted molar refractivity (Wildman–Crippen MR) is 208 cm³/mol. The number of esters is 1. The second kappa shape index (κ2) is 20.4. The van der Waals surface area contributed by atoms with Crippen molar-refractivity contribution in [2.75, 3.05) is 27.9 Å². The Morgan fingerprint density at radius 3 is 2.21 bits per heavy atom. The van der Waals surface area contributed by atoms with Gasteiger partial charge < -0.3 is 43.9 Å². The number of hydrogen-bond donors (Lipinski definition) is 3. The number of rotatable bonds is 6. The van der Waals surface area contributed by atoms with Gasteiger partial charge in [-0.25, -0.2) is 4.79 Å². The van der Waals surface area contributed by atoms with E-state index in [9.17, 15) is 34.5 Å². The third-order valence-electron chi connectivity index (χ3n) is 12.9. The Kier molecular flexibility index (Phi) is 16.9. The summed E-state index contributed by atoms with van der Waals surface area (Å²) in [6.07, 6.45) is 3.72. The van der Waals surface area contributed by atoms with Gasteiger partial charge in [-0.3, -0.25) is 14.4 Å². The summed E-state index contributed by atoms with van der Waals surface area (Å²) in [5, 5.41) is 34.1. The summed E-state index contributed by atoms with van der Waals surface area (Å²) < 4.78 is 29.7. The van der Waals surface area contributed by atoms with Crippen LogP contribution < -0.4 is 0 Å². The van der Waals surface area contributed by atoms with Crippen molar-refractivity contribution < 1.29 is 58.2 Å². The van der Waals surface area contributed by atoms with E-state index in [2.05, 4.69) is 6.92 Å². The van der Waals surface area contributed by atoms with E-state index >= 15 is 0 Å². The normalized spacial score (nSPS) is 41.6. The zero-order chi connectivity index (χ0) is 41.5. The van der Waals surface area contributed by atoms with Gasteiger partial charge in [-0.1, -0.05) is 45.4 Å². The molecule has 1 aliphatic carbocycles. The highest BCUT2D eigenvalue weighted by molar-refractivity contribution is 6.39. The first kappa shape index (κ1) is 46.2. The molecule has 0 radical (unpaired) electrons. The van der Waals surface area contributed by atoms with E-state index in [0.717, 1.165) is 5.57 Å². The van der Waals surface area contributed by atoms with Crippen LogP contribution in [0.3, 0.4) is 0 Å². The molecule has 3 unspecified atom stereocenters. The number of amides is 1. The molecule has 0 aromatic carbocycles. The summed E-state index contributed by atoms with van der Waals surface area (Å²) >= 11 is 0. The number of nitrogens with zero attached hydrogens (tertiary/aromatic N) is 1. The highest BCUT2D eigenvalue weighted by Gasteiger charge is 2.56. The number of carbonyl (C=O) groups is 4. The largest absolute Gasteiger partial charge is 0.456 e. The van der Waals surface area contributed by atoms with Gasteiger partial charge in [-0.15, -0.1) is 0 Å². The average molecular weight is 792 g/mol. The molecule has 1 amide bonds. The van der Waals surface area contributed by atoms with Crippen molar-refractivity contribution in [2.24, 2.45) is 29.6 Å². The second-order valence-electron chi connectivity index (χ2n) is 17.2. The van der Waals surface area contributed by atoms with Crippen molar-refractivity contribution >= 4 is 23.4 Å². The molecule has 1 saturated carbocycles. The maximum absolute atomic E-state index is 14.3. The topological polar surface area (TPSA) is 178 Å². The van der Waals surface area contributed by atoms with E-state index < -0.39 is 83.9 Å². The standard InChI is InChI=1S/C43H69NO12/c1-10-30-18-24(2)17-25(3)19-36(53-8)39-37(54-9)21-27(5)43(51,56-39)40(48)41(49)44-16-12-11-13-31(44)42(50)55-38(28(6)33(46)23-34(30)47)26(4)20-29-14-15-32(45)35(22-29)52-7/h18,20,25,27-33,35-39,45-46,51H,10-17,19,21-23H2,1-9H3/b24-18+,26-20+/t25-,27+,28+,29?,30+,31?,32+,33-,35+,36+,37-,38+,39?,43+/m0/s1. The Morgan fingerprint density at radius 2 is 1.57 bits per heavy atom. The number of ketones is 2. The van der Waals surface area contributed by atoms with Gasteiger partial charge in [0.15, 0.2) is 0 Å². The number of piperidine rings is 1. The lowest BCUT2D eigenvalue weighted by Gasteiger charge is -2.47. The van der Waals surface area contributed by atoms with Crippen LogP contribution in [0, 0.1) is 29.6 Å². The summed E-state index contributed by atoms with van der Waals surface area (Å²) in [4.78, 5) is 57.6. The molecule has 13 nitrogen and oxygen atoms in total. The smallest absolute Gasteiger partial charge is 0.329 e. The van der Waals surface area contributed by atoms with Crippen molar-refractivity contribution in [1.29, 1.82) is 0 Å². The Morgan fingerprint density at radius 1 is 0.911 bits per heavy atom. The second-order valence-corrected chi connectivity index (χ2v) is 17.2. The van der Waals surface area contributed by atoms with Gasteiger partial charge in [0.1, 0.15) is 24.0 Å². The van der Waals surface area contributed by atoms with Gasteiger partial charge in [0, 0.05) is 52.0 Å². The molecule has 56 heavy (non-hydrogen) atoms. The molecule has 3 heterocycles. The third kappa shape index (κ3) is 10.7. The average Bonchev–Trinajstić information content (AvgIpc) is 3.18. The maximum Gasteiger partial charge on any atom is 0.329 e. The molecule has 0 spiro atoms. The quantitative estimate of drug-likeness (QED) is 0.196. The lowest BCUT2D eigenvalue weighted by Crippen LogP contribution is -2.64. The number of ether oxygens (including phenoxy) is 5. The zero-order valence-electron chi connectivity index (χ0n) is 35.1. The number of fused-ring (bicyclic) bond motifs is 3. The molecule has 0 aromatic rings. The van der Waals surface area contributed by atoms with E-state index in [1.807, 2.05) is 32.9 Å². The minimum atomic E-state index is -2.50. The van der Waals surface area contributed by atoms with E-state index in [4.69, 9.17) is 23.7 Å². The van der Waals surface area contributed by atoms with Crippen LogP contribution in [0.25, 0.3) is 0 Å². The summed E-state index contributed by atoms with van der Waals surface area (Å²) in [7, 11) is 4.63. The number of carbonyl (C=O) groups excluding carboxylic acids is 4. The fraction of sp³-hybridized carbons (Fsp3) is 0.814. The third-order valence-corrected chi connectivity index (χ3v) is 12.9. The Balaban J connectivity index is 1.76. The molecule has 318 valence electrons. The minimum Gasteiger partial charge on any atom is -0.456 e. The monoisotopic (exact) mass is 791 g/mol. The van der Waals surface area contributed by atoms with Gasteiger partial charge >= 0.3 is 5.97 Å². The number of methoxy groups -OCH3 is 3. The van der Waals surface area contributed by atoms with Crippen molar-refractivity contribution in [3.63, 3.8) is 0 Å². The lowest BCUT2D eigenvalue weighted by atomic mass is 9.81. The van der Waals surface area contributed by atoms with E-state index in [1.54, 1.807) is 21.0 Å². The molecule has 2 saturated heterocycles. The molecular weight excluding hydrogens is 722 g/mol. The lowest BCUT2D eigenvalue weighted by molar-refractivity contribution is -0.302. The Bertz CT molecular complexity index is 1430. The van der Waals surface area contributed by atoms with Crippen molar-refractivity contribution in [1.82, 2.24) is 4.90 Å². The number of aliphatic hydroxyl groups excluding tert-OH is 2. The van der Waals surface area contributed by atoms with Gasteiger partial charge in [-0.2, -0.15) is 0 Å². The van der Waals surface area contributed by atoms with Crippen LogP contribution in [0.5, 0.6) is 0 Å². The molecular formula is C43H69NO12. The molecule has 2 bridgehead atoms. The van der Waals surface area contributed by atoms with Gasteiger partial charge in [0.25, 0.3) is 11.7 Å². The number of hydrogen-bond acceptors (Lipinski definition) is 12. The highest BCUT2D eigenvalue weighted by atomic mass is 16.7. The summed E-state index contributed by atoms with van der Waals surface area (Å²) in [6.45, 7) is 11.3. The summed E-state index contributed by atoms with van der Waals surface area (Å²) in [6, 6.07) is -1.13. The van der Waals surface area contributed by atoms with Crippen LogP contribution in [0.4, 0.5) is 0 Å². The minimum absolute atomic E-state index is 0.000914. The van der Waals surface area contributed by atoms with E-state index in [-0.39, 0.29) is 49.5 Å². The molecule has 3 aliphatic heterocycles. The van der Waals surface area contributed by atoms with Gasteiger partial charge in [-0.05, 0) is 95.5 Å². The van der Waals surface area contributed by atoms with E-state index in [0.29, 0.717) is 56.9 Å². The molecule has 4 aliphatic rings. The zero-order valence-corrected chi connectivity index (χ0v) is 35.1. The number of cyclic esters (lactones) is 1. The van der Waals surface area contributed by atoms with Crippen LogP contribution in [0.15, 0.2) is 23.3 Å². The van der Waals surface area contributed by atoms with Gasteiger partial charge in [0.2, 0.25) is 5.79 Å². The van der Waals surface area contributed by atoms with Crippen LogP contribution in [-0.2, 0) is 42.9 Å². The van der Waals surface area contributed by atoms with Gasteiger partial charge in [0.05, 0.1) is 30.5 Å². The first-order valence-electron chi connectivity index (χ1n) is 20.8. The Hall–Kier alpha value is -2.52. The van der Waals surface area contributed by atoms with Crippen LogP contribution >= 0.6 is 0 Å².